The van der Waals surface area contributed by atoms with Crippen LogP contribution in [0, 0.1) is 0 Å². The third kappa shape index (κ3) is 3.07. The molecule has 0 bridgehead atoms. The third-order valence-corrected chi connectivity index (χ3v) is 5.04. The van der Waals surface area contributed by atoms with Crippen LogP contribution in [0.4, 0.5) is 0 Å². The molecule has 1 atom stereocenters. The van der Waals surface area contributed by atoms with Gasteiger partial charge in [0.25, 0.3) is 0 Å². The van der Waals surface area contributed by atoms with Crippen molar-refractivity contribution >= 4 is 17.2 Å². The zero-order valence-corrected chi connectivity index (χ0v) is 13.8. The number of hydrogen-bond donors (Lipinski definition) is 0. The first-order valence-corrected chi connectivity index (χ1v) is 8.73. The third-order valence-electron chi connectivity index (χ3n) is 4.11. The molecule has 0 spiro atoms. The second-order valence-corrected chi connectivity index (χ2v) is 6.77. The number of carbonyl (C=O) groups is 1. The lowest BCUT2D eigenvalue weighted by molar-refractivity contribution is -0.127. The first-order valence-electron chi connectivity index (χ1n) is 7.85. The normalized spacial score (nSPS) is 17.6. The lowest BCUT2D eigenvalue weighted by Gasteiger charge is -2.15. The summed E-state index contributed by atoms with van der Waals surface area (Å²) in [6, 6.07) is 9.68. The number of carbonyl (C=O) groups excluding carboxylic acids is 1. The van der Waals surface area contributed by atoms with Crippen LogP contribution in [-0.4, -0.2) is 39.0 Å². The minimum absolute atomic E-state index is 0.0363. The lowest BCUT2D eigenvalue weighted by Crippen LogP contribution is -2.27. The molecular weight excluding hydrogens is 324 g/mol. The van der Waals surface area contributed by atoms with E-state index in [4.69, 9.17) is 4.52 Å². The summed E-state index contributed by atoms with van der Waals surface area (Å²) in [5.41, 5.74) is 0.673. The molecule has 0 N–H and O–H groups in total. The molecule has 1 saturated heterocycles. The Balaban J connectivity index is 1.42. The van der Waals surface area contributed by atoms with Crippen molar-refractivity contribution in [2.24, 2.45) is 0 Å². The minimum Gasteiger partial charge on any atom is -0.342 e. The maximum Gasteiger partial charge on any atom is 0.232 e. The van der Waals surface area contributed by atoms with Crippen LogP contribution >= 0.6 is 11.3 Å². The van der Waals surface area contributed by atoms with Crippen molar-refractivity contribution < 1.29 is 9.32 Å². The van der Waals surface area contributed by atoms with Gasteiger partial charge in [0.15, 0.2) is 0 Å². The summed E-state index contributed by atoms with van der Waals surface area (Å²) < 4.78 is 5.37. The highest BCUT2D eigenvalue weighted by atomic mass is 32.1. The van der Waals surface area contributed by atoms with Crippen molar-refractivity contribution in [3.8, 4) is 11.5 Å². The molecule has 1 aliphatic rings. The molecule has 1 aliphatic heterocycles. The van der Waals surface area contributed by atoms with E-state index in [1.165, 1.54) is 4.88 Å². The molecule has 6 nitrogen and oxygen atoms in total. The van der Waals surface area contributed by atoms with Crippen LogP contribution in [0.5, 0.6) is 0 Å². The van der Waals surface area contributed by atoms with Gasteiger partial charge in [-0.15, -0.1) is 11.3 Å². The van der Waals surface area contributed by atoms with Gasteiger partial charge in [-0.2, -0.15) is 4.98 Å². The predicted octanol–water partition coefficient (Wildman–Crippen LogP) is 2.75. The first-order chi connectivity index (χ1) is 11.8. The van der Waals surface area contributed by atoms with Crippen molar-refractivity contribution in [1.82, 2.24) is 20.0 Å². The van der Waals surface area contributed by atoms with E-state index in [1.54, 1.807) is 17.5 Å². The highest BCUT2D eigenvalue weighted by molar-refractivity contribution is 7.09. The standard InChI is InChI=1S/C17H16N4O2S/c22-15-10-12(11-21(15)8-6-13-4-3-9-24-13)17-19-16(20-23-17)14-5-1-2-7-18-14/h1-5,7,9,12H,6,8,10-11H2/t12-/m0/s1. The van der Waals surface area contributed by atoms with E-state index in [-0.39, 0.29) is 11.8 Å². The smallest absolute Gasteiger partial charge is 0.232 e. The van der Waals surface area contributed by atoms with Gasteiger partial charge in [0, 0.05) is 30.6 Å². The van der Waals surface area contributed by atoms with Crippen LogP contribution in [-0.2, 0) is 11.2 Å². The largest absolute Gasteiger partial charge is 0.342 e. The molecule has 0 saturated carbocycles. The van der Waals surface area contributed by atoms with Crippen LogP contribution in [0.3, 0.4) is 0 Å². The summed E-state index contributed by atoms with van der Waals surface area (Å²) >= 11 is 1.72. The molecule has 4 rings (SSSR count). The van der Waals surface area contributed by atoms with Gasteiger partial charge in [0.05, 0.1) is 5.92 Å². The monoisotopic (exact) mass is 340 g/mol. The summed E-state index contributed by atoms with van der Waals surface area (Å²) in [5, 5.41) is 6.05. The Hall–Kier alpha value is -2.54. The van der Waals surface area contributed by atoms with Gasteiger partial charge in [-0.05, 0) is 30.0 Å². The fourth-order valence-corrected chi connectivity index (χ4v) is 3.55. The molecule has 122 valence electrons. The minimum atomic E-state index is -0.0363. The van der Waals surface area contributed by atoms with Crippen LogP contribution in [0.2, 0.25) is 0 Å². The van der Waals surface area contributed by atoms with Crippen molar-refractivity contribution in [3.63, 3.8) is 0 Å². The molecule has 1 amide bonds. The van der Waals surface area contributed by atoms with Gasteiger partial charge in [-0.3, -0.25) is 9.78 Å². The first kappa shape index (κ1) is 15.0. The Morgan fingerprint density at radius 3 is 3.04 bits per heavy atom. The summed E-state index contributed by atoms with van der Waals surface area (Å²) in [6.07, 6.45) is 3.00. The number of rotatable bonds is 5. The molecule has 24 heavy (non-hydrogen) atoms. The Morgan fingerprint density at radius 2 is 2.25 bits per heavy atom. The molecule has 3 aromatic heterocycles. The van der Waals surface area contributed by atoms with Gasteiger partial charge >= 0.3 is 0 Å². The van der Waals surface area contributed by atoms with Gasteiger partial charge < -0.3 is 9.42 Å². The van der Waals surface area contributed by atoms with Crippen molar-refractivity contribution in [3.05, 3.63) is 52.7 Å². The molecule has 3 aromatic rings. The average Bonchev–Trinajstić information content (AvgIpc) is 3.35. The quantitative estimate of drug-likeness (QED) is 0.714. The van der Waals surface area contributed by atoms with Crippen molar-refractivity contribution in [1.29, 1.82) is 0 Å². The molecule has 0 unspecified atom stereocenters. The SMILES string of the molecule is O=C1C[C@H](c2nc(-c3ccccn3)no2)CN1CCc1cccs1. The summed E-state index contributed by atoms with van der Waals surface area (Å²) in [4.78, 5) is 24.0. The molecule has 4 heterocycles. The average molecular weight is 340 g/mol. The number of aromatic nitrogens is 3. The summed E-state index contributed by atoms with van der Waals surface area (Å²) in [5.74, 6) is 1.10. The second-order valence-electron chi connectivity index (χ2n) is 5.74. The fraction of sp³-hybridized carbons (Fsp3) is 0.294. The predicted molar refractivity (Wildman–Crippen MR) is 89.5 cm³/mol. The molecule has 7 heteroatoms. The van der Waals surface area contributed by atoms with Crippen LogP contribution < -0.4 is 0 Å². The van der Waals surface area contributed by atoms with E-state index in [0.717, 1.165) is 13.0 Å². The number of amides is 1. The molecule has 0 aromatic carbocycles. The highest BCUT2D eigenvalue weighted by Crippen LogP contribution is 2.28. The van der Waals surface area contributed by atoms with E-state index in [1.807, 2.05) is 29.2 Å². The highest BCUT2D eigenvalue weighted by Gasteiger charge is 2.34. The summed E-state index contributed by atoms with van der Waals surface area (Å²) in [6.45, 7) is 1.37. The zero-order chi connectivity index (χ0) is 16.4. The van der Waals surface area contributed by atoms with Crippen molar-refractivity contribution in [2.45, 2.75) is 18.8 Å². The maximum atomic E-state index is 12.2. The Labute approximate surface area is 143 Å². The number of likely N-dealkylation sites (tertiary alicyclic amines) is 1. The van der Waals surface area contributed by atoms with Crippen LogP contribution in [0.1, 0.15) is 23.1 Å². The van der Waals surface area contributed by atoms with E-state index >= 15 is 0 Å². The van der Waals surface area contributed by atoms with Gasteiger partial charge in [-0.1, -0.05) is 17.3 Å². The maximum absolute atomic E-state index is 12.2. The Morgan fingerprint density at radius 1 is 1.29 bits per heavy atom. The zero-order valence-electron chi connectivity index (χ0n) is 13.0. The number of pyridine rings is 1. The number of thiophene rings is 1. The molecular formula is C17H16N4O2S. The van der Waals surface area contributed by atoms with E-state index < -0.39 is 0 Å². The number of nitrogens with zero attached hydrogens (tertiary/aromatic N) is 4. The van der Waals surface area contributed by atoms with E-state index in [0.29, 0.717) is 30.4 Å². The van der Waals surface area contributed by atoms with Crippen LogP contribution in [0.25, 0.3) is 11.5 Å². The van der Waals surface area contributed by atoms with Crippen molar-refractivity contribution in [2.75, 3.05) is 13.1 Å². The Kier molecular flexibility index (Phi) is 4.08. The van der Waals surface area contributed by atoms with Crippen LogP contribution in [0.15, 0.2) is 46.4 Å². The summed E-state index contributed by atoms with van der Waals surface area (Å²) in [7, 11) is 0. The topological polar surface area (TPSA) is 72.1 Å². The number of hydrogen-bond acceptors (Lipinski definition) is 6. The molecule has 0 aliphatic carbocycles. The van der Waals surface area contributed by atoms with E-state index in [2.05, 4.69) is 26.6 Å². The van der Waals surface area contributed by atoms with Gasteiger partial charge in [-0.25, -0.2) is 0 Å². The molecule has 1 fully saturated rings. The lowest BCUT2D eigenvalue weighted by atomic mass is 10.1. The van der Waals surface area contributed by atoms with E-state index in [9.17, 15) is 4.79 Å². The fourth-order valence-electron chi connectivity index (χ4n) is 2.85. The molecule has 0 radical (unpaired) electrons. The second kappa shape index (κ2) is 6.52. The van der Waals surface area contributed by atoms with Gasteiger partial charge in [0.1, 0.15) is 5.69 Å². The Bertz CT molecular complexity index is 816. The van der Waals surface area contributed by atoms with Gasteiger partial charge in [0.2, 0.25) is 17.6 Å².